The van der Waals surface area contributed by atoms with Crippen LogP contribution in [0.4, 0.5) is 11.4 Å². The number of H-pyrrole nitrogens is 1. The molecular formula is C14H16N4S. The van der Waals surface area contributed by atoms with Gasteiger partial charge in [0.05, 0.1) is 29.6 Å². The zero-order chi connectivity index (χ0) is 13.2. The monoisotopic (exact) mass is 272 g/mol. The van der Waals surface area contributed by atoms with Crippen molar-refractivity contribution in [3.05, 3.63) is 40.7 Å². The number of aromatic amines is 1. The number of anilines is 2. The van der Waals surface area contributed by atoms with Crippen molar-refractivity contribution in [1.29, 1.82) is 0 Å². The fourth-order valence-corrected chi connectivity index (χ4v) is 2.95. The van der Waals surface area contributed by atoms with Crippen LogP contribution in [0.1, 0.15) is 11.8 Å². The maximum absolute atomic E-state index is 6.17. The van der Waals surface area contributed by atoms with E-state index >= 15 is 0 Å². The minimum absolute atomic E-state index is 0.798. The maximum atomic E-state index is 6.17. The summed E-state index contributed by atoms with van der Waals surface area (Å²) in [6.07, 6.45) is 1.80. The summed E-state index contributed by atoms with van der Waals surface area (Å²) in [7, 11) is 0. The number of hydrogen-bond acceptors (Lipinski definition) is 4. The van der Waals surface area contributed by atoms with Crippen LogP contribution >= 0.6 is 11.3 Å². The number of nitrogen functional groups attached to an aromatic ring is 1. The third-order valence-electron chi connectivity index (χ3n) is 3.24. The fourth-order valence-electron chi connectivity index (χ4n) is 2.23. The number of rotatable bonds is 4. The fraction of sp³-hybridized carbons (Fsp3) is 0.214. The molecule has 0 unspecified atom stereocenters. The molecule has 3 rings (SSSR count). The number of benzene rings is 1. The van der Waals surface area contributed by atoms with Gasteiger partial charge in [-0.25, -0.2) is 0 Å². The van der Waals surface area contributed by atoms with Crippen molar-refractivity contribution in [3.8, 4) is 0 Å². The normalized spacial score (nSPS) is 11.0. The third-order valence-corrected chi connectivity index (χ3v) is 4.10. The predicted octanol–water partition coefficient (Wildman–Crippen LogP) is 3.23. The van der Waals surface area contributed by atoms with Gasteiger partial charge in [-0.1, -0.05) is 6.07 Å². The first kappa shape index (κ1) is 12.0. The summed E-state index contributed by atoms with van der Waals surface area (Å²) in [5.74, 6) is 0. The molecule has 0 aliphatic carbocycles. The third kappa shape index (κ3) is 2.29. The molecule has 0 saturated heterocycles. The first-order valence-corrected chi connectivity index (χ1v) is 7.16. The van der Waals surface area contributed by atoms with Crippen LogP contribution in [0.5, 0.6) is 0 Å². The van der Waals surface area contributed by atoms with Crippen molar-refractivity contribution >= 4 is 33.6 Å². The molecule has 0 aliphatic heterocycles. The van der Waals surface area contributed by atoms with Gasteiger partial charge in [-0.05, 0) is 30.5 Å². The van der Waals surface area contributed by atoms with Crippen LogP contribution in [0, 0.1) is 0 Å². The Morgan fingerprint density at radius 3 is 3.05 bits per heavy atom. The van der Waals surface area contributed by atoms with Crippen LogP contribution in [0.3, 0.4) is 0 Å². The predicted molar refractivity (Wildman–Crippen MR) is 81.5 cm³/mol. The van der Waals surface area contributed by atoms with Crippen molar-refractivity contribution in [1.82, 2.24) is 10.2 Å². The lowest BCUT2D eigenvalue weighted by molar-refractivity contribution is 0.844. The topological polar surface area (TPSA) is 57.9 Å². The second kappa shape index (κ2) is 4.93. The van der Waals surface area contributed by atoms with Gasteiger partial charge in [0.25, 0.3) is 0 Å². The van der Waals surface area contributed by atoms with Gasteiger partial charge in [-0.2, -0.15) is 5.10 Å². The van der Waals surface area contributed by atoms with Crippen molar-refractivity contribution in [3.63, 3.8) is 0 Å². The van der Waals surface area contributed by atoms with E-state index in [1.54, 1.807) is 17.5 Å². The molecule has 0 saturated carbocycles. The van der Waals surface area contributed by atoms with Crippen LogP contribution in [0.25, 0.3) is 10.9 Å². The molecule has 2 aromatic heterocycles. The second-order valence-corrected chi connectivity index (χ2v) is 5.49. The molecule has 98 valence electrons. The van der Waals surface area contributed by atoms with E-state index in [4.69, 9.17) is 5.73 Å². The quantitative estimate of drug-likeness (QED) is 0.717. The summed E-state index contributed by atoms with van der Waals surface area (Å²) in [4.78, 5) is 3.62. The molecule has 3 aromatic rings. The molecule has 1 aromatic carbocycles. The Labute approximate surface area is 115 Å². The first-order chi connectivity index (χ1) is 9.28. The lowest BCUT2D eigenvalue weighted by atomic mass is 10.2. The summed E-state index contributed by atoms with van der Waals surface area (Å²) in [6, 6.07) is 8.29. The van der Waals surface area contributed by atoms with Crippen LogP contribution in [-0.4, -0.2) is 16.7 Å². The van der Waals surface area contributed by atoms with Crippen LogP contribution in [0.2, 0.25) is 0 Å². The number of aromatic nitrogens is 2. The number of nitrogens with zero attached hydrogens (tertiary/aromatic N) is 2. The SMILES string of the molecule is CCN(Cc1cccs1)c1cc2[nH]ncc2cc1N. The van der Waals surface area contributed by atoms with Gasteiger partial charge in [0.2, 0.25) is 0 Å². The molecule has 5 heteroatoms. The average molecular weight is 272 g/mol. The zero-order valence-corrected chi connectivity index (χ0v) is 11.6. The maximum Gasteiger partial charge on any atom is 0.0672 e. The Kier molecular flexibility index (Phi) is 3.13. The van der Waals surface area contributed by atoms with Crippen molar-refractivity contribution < 1.29 is 0 Å². The molecule has 0 spiro atoms. The molecule has 0 fully saturated rings. The molecule has 19 heavy (non-hydrogen) atoms. The first-order valence-electron chi connectivity index (χ1n) is 6.28. The van der Waals surface area contributed by atoms with E-state index in [9.17, 15) is 0 Å². The van der Waals surface area contributed by atoms with Crippen molar-refractivity contribution in [2.75, 3.05) is 17.2 Å². The molecular weight excluding hydrogens is 256 g/mol. The largest absolute Gasteiger partial charge is 0.397 e. The number of fused-ring (bicyclic) bond motifs is 1. The van der Waals surface area contributed by atoms with Crippen molar-refractivity contribution in [2.45, 2.75) is 13.5 Å². The number of hydrogen-bond donors (Lipinski definition) is 2. The lowest BCUT2D eigenvalue weighted by Gasteiger charge is -2.24. The van der Waals surface area contributed by atoms with Crippen LogP contribution in [-0.2, 0) is 6.54 Å². The van der Waals surface area contributed by atoms with E-state index in [0.29, 0.717) is 0 Å². The molecule has 0 radical (unpaired) electrons. The number of thiophene rings is 1. The van der Waals surface area contributed by atoms with Crippen LogP contribution in [0.15, 0.2) is 35.8 Å². The highest BCUT2D eigenvalue weighted by Gasteiger charge is 2.11. The smallest absolute Gasteiger partial charge is 0.0672 e. The molecule has 0 aliphatic rings. The highest BCUT2D eigenvalue weighted by Crippen LogP contribution is 2.29. The van der Waals surface area contributed by atoms with Gasteiger partial charge in [0.15, 0.2) is 0 Å². The highest BCUT2D eigenvalue weighted by atomic mass is 32.1. The molecule has 2 heterocycles. The zero-order valence-electron chi connectivity index (χ0n) is 10.8. The second-order valence-electron chi connectivity index (χ2n) is 4.46. The Hall–Kier alpha value is -2.01. The van der Waals surface area contributed by atoms with Gasteiger partial charge in [0, 0.05) is 16.8 Å². The minimum Gasteiger partial charge on any atom is -0.397 e. The Balaban J connectivity index is 1.97. The average Bonchev–Trinajstić information content (AvgIpc) is 3.05. The lowest BCUT2D eigenvalue weighted by Crippen LogP contribution is -2.22. The Bertz CT molecular complexity index is 672. The Morgan fingerprint density at radius 1 is 1.42 bits per heavy atom. The van der Waals surface area contributed by atoms with E-state index < -0.39 is 0 Å². The molecule has 4 nitrogen and oxygen atoms in total. The number of nitrogens with two attached hydrogens (primary N) is 1. The highest BCUT2D eigenvalue weighted by molar-refractivity contribution is 7.09. The van der Waals surface area contributed by atoms with Gasteiger partial charge in [-0.15, -0.1) is 11.3 Å². The molecule has 0 atom stereocenters. The summed E-state index contributed by atoms with van der Waals surface area (Å²) < 4.78 is 0. The summed E-state index contributed by atoms with van der Waals surface area (Å²) in [6.45, 7) is 3.95. The van der Waals surface area contributed by atoms with E-state index in [-0.39, 0.29) is 0 Å². The summed E-state index contributed by atoms with van der Waals surface area (Å²) in [5.41, 5.74) is 9.05. The van der Waals surface area contributed by atoms with Gasteiger partial charge < -0.3 is 10.6 Å². The van der Waals surface area contributed by atoms with Gasteiger partial charge in [-0.3, -0.25) is 5.10 Å². The van der Waals surface area contributed by atoms with Crippen LogP contribution < -0.4 is 10.6 Å². The van der Waals surface area contributed by atoms with E-state index in [1.165, 1.54) is 4.88 Å². The van der Waals surface area contributed by atoms with Gasteiger partial charge >= 0.3 is 0 Å². The molecule has 3 N–H and O–H groups in total. The van der Waals surface area contributed by atoms with Gasteiger partial charge in [0.1, 0.15) is 0 Å². The standard InChI is InChI=1S/C14H16N4S/c1-2-18(9-11-4-3-5-19-11)14-7-13-10(6-12(14)15)8-16-17-13/h3-8H,2,9,15H2,1H3,(H,16,17). The van der Waals surface area contributed by atoms with E-state index in [2.05, 4.69) is 45.6 Å². The van der Waals surface area contributed by atoms with E-state index in [0.717, 1.165) is 35.4 Å². The molecule has 0 amide bonds. The summed E-state index contributed by atoms with van der Waals surface area (Å²) in [5, 5.41) is 10.2. The minimum atomic E-state index is 0.798. The van der Waals surface area contributed by atoms with Crippen molar-refractivity contribution in [2.24, 2.45) is 0 Å². The molecule has 0 bridgehead atoms. The number of nitrogens with one attached hydrogen (secondary N) is 1. The Morgan fingerprint density at radius 2 is 2.32 bits per heavy atom. The van der Waals surface area contributed by atoms with E-state index in [1.807, 2.05) is 6.07 Å². The summed E-state index contributed by atoms with van der Waals surface area (Å²) >= 11 is 1.77.